The van der Waals surface area contributed by atoms with Gasteiger partial charge in [0.2, 0.25) is 5.91 Å². The molecule has 1 fully saturated rings. The van der Waals surface area contributed by atoms with Gasteiger partial charge < -0.3 is 14.7 Å². The normalized spacial score (nSPS) is 15.2. The van der Waals surface area contributed by atoms with Crippen LogP contribution in [0.2, 0.25) is 0 Å². The van der Waals surface area contributed by atoms with Crippen molar-refractivity contribution in [3.05, 3.63) is 59.8 Å². The monoisotopic (exact) mass is 363 g/mol. The summed E-state index contributed by atoms with van der Waals surface area (Å²) in [6.45, 7) is 4.11. The summed E-state index contributed by atoms with van der Waals surface area (Å²) >= 11 is 0. The minimum Gasteiger partial charge on any atom is -0.371 e. The number of carbonyl (C=O) groups excluding carboxylic acids is 1. The van der Waals surface area contributed by atoms with Gasteiger partial charge in [-0.05, 0) is 49.1 Å². The summed E-state index contributed by atoms with van der Waals surface area (Å²) < 4.78 is 5.29. The van der Waals surface area contributed by atoms with Crippen LogP contribution in [0.1, 0.15) is 31.0 Å². The smallest absolute Gasteiger partial charge is 0.226 e. The highest BCUT2D eigenvalue weighted by molar-refractivity contribution is 5.86. The van der Waals surface area contributed by atoms with Crippen molar-refractivity contribution in [2.24, 2.45) is 0 Å². The minimum atomic E-state index is 0.0143. The number of carbonyl (C=O) groups is 1. The van der Waals surface area contributed by atoms with E-state index in [2.05, 4.69) is 46.6 Å². The lowest BCUT2D eigenvalue weighted by Crippen LogP contribution is -2.45. The first-order valence-electron chi connectivity index (χ1n) is 9.69. The quantitative estimate of drug-likeness (QED) is 0.751. The maximum absolute atomic E-state index is 12.5. The Morgan fingerprint density at radius 3 is 2.81 bits per heavy atom. The Labute approximate surface area is 159 Å². The average molecular weight is 363 g/mol. The molecule has 1 amide bonds. The van der Waals surface area contributed by atoms with Crippen LogP contribution >= 0.6 is 0 Å². The number of nitrogens with one attached hydrogen (secondary N) is 1. The number of hydrogen-bond acceptors (Lipinski definition) is 4. The number of rotatable bonds is 5. The number of aryl methyl sites for hydroxylation is 1. The summed E-state index contributed by atoms with van der Waals surface area (Å²) in [4.78, 5) is 14.9. The van der Waals surface area contributed by atoms with Gasteiger partial charge in [0.15, 0.2) is 5.58 Å². The first-order chi connectivity index (χ1) is 13.2. The lowest BCUT2D eigenvalue weighted by molar-refractivity contribution is -0.121. The number of fused-ring (bicyclic) bond motifs is 1. The molecule has 2 aromatic carbocycles. The van der Waals surface area contributed by atoms with Gasteiger partial charge in [-0.2, -0.15) is 0 Å². The standard InChI is InChI=1S/C22H25N3O2/c1-2-16-6-5-7-18(14-16)25-12-10-17(11-13-25)23-22(26)15-20-19-8-3-4-9-21(19)27-24-20/h3-9,14,17H,2,10-13,15H2,1H3,(H,23,26). The van der Waals surface area contributed by atoms with Crippen molar-refractivity contribution in [3.8, 4) is 0 Å². The third kappa shape index (κ3) is 3.97. The second kappa shape index (κ2) is 7.82. The molecule has 5 heteroatoms. The van der Waals surface area contributed by atoms with Gasteiger partial charge in [0.25, 0.3) is 0 Å². The number of amides is 1. The van der Waals surface area contributed by atoms with Crippen LogP contribution in [0.5, 0.6) is 0 Å². The fraction of sp³-hybridized carbons (Fsp3) is 0.364. The predicted molar refractivity (Wildman–Crippen MR) is 107 cm³/mol. The number of anilines is 1. The van der Waals surface area contributed by atoms with Crippen LogP contribution in [0.4, 0.5) is 5.69 Å². The largest absolute Gasteiger partial charge is 0.371 e. The molecule has 4 rings (SSSR count). The molecule has 140 valence electrons. The molecule has 1 N–H and O–H groups in total. The Hall–Kier alpha value is -2.82. The van der Waals surface area contributed by atoms with E-state index in [9.17, 15) is 4.79 Å². The SMILES string of the molecule is CCc1cccc(N2CCC(NC(=O)Cc3noc4ccccc34)CC2)c1. The van der Waals surface area contributed by atoms with Crippen LogP contribution in [0.25, 0.3) is 11.0 Å². The van der Waals surface area contributed by atoms with Crippen molar-refractivity contribution in [3.63, 3.8) is 0 Å². The Kier molecular flexibility index (Phi) is 5.10. The number of piperidine rings is 1. The second-order valence-electron chi connectivity index (χ2n) is 7.15. The van der Waals surface area contributed by atoms with Crippen LogP contribution < -0.4 is 10.2 Å². The molecule has 0 unspecified atom stereocenters. The summed E-state index contributed by atoms with van der Waals surface area (Å²) in [5, 5.41) is 8.14. The second-order valence-corrected chi connectivity index (χ2v) is 7.15. The molecular formula is C22H25N3O2. The highest BCUT2D eigenvalue weighted by Crippen LogP contribution is 2.22. The summed E-state index contributed by atoms with van der Waals surface area (Å²) in [6, 6.07) is 16.6. The zero-order chi connectivity index (χ0) is 18.6. The fourth-order valence-electron chi connectivity index (χ4n) is 3.75. The molecule has 1 aliphatic heterocycles. The maximum Gasteiger partial charge on any atom is 0.226 e. The lowest BCUT2D eigenvalue weighted by atomic mass is 10.0. The van der Waals surface area contributed by atoms with Gasteiger partial charge in [0.1, 0.15) is 5.69 Å². The Morgan fingerprint density at radius 1 is 1.19 bits per heavy atom. The molecule has 0 saturated carbocycles. The molecule has 1 aliphatic rings. The summed E-state index contributed by atoms with van der Waals surface area (Å²) in [5.74, 6) is 0.0143. The number of aromatic nitrogens is 1. The zero-order valence-electron chi connectivity index (χ0n) is 15.6. The predicted octanol–water partition coefficient (Wildman–Crippen LogP) is 3.72. The van der Waals surface area contributed by atoms with Crippen molar-refractivity contribution in [2.45, 2.75) is 38.6 Å². The first kappa shape index (κ1) is 17.6. The Bertz CT molecular complexity index is 926. The van der Waals surface area contributed by atoms with E-state index in [0.717, 1.165) is 43.3 Å². The summed E-state index contributed by atoms with van der Waals surface area (Å²) in [7, 11) is 0. The van der Waals surface area contributed by atoms with E-state index in [1.54, 1.807) is 0 Å². The van der Waals surface area contributed by atoms with Crippen LogP contribution in [-0.4, -0.2) is 30.2 Å². The number of para-hydroxylation sites is 1. The maximum atomic E-state index is 12.5. The minimum absolute atomic E-state index is 0.0143. The third-order valence-corrected chi connectivity index (χ3v) is 5.32. The molecule has 2 heterocycles. The van der Waals surface area contributed by atoms with Gasteiger partial charge in [-0.15, -0.1) is 0 Å². The van der Waals surface area contributed by atoms with Crippen LogP contribution in [-0.2, 0) is 17.6 Å². The van der Waals surface area contributed by atoms with Crippen LogP contribution in [0.3, 0.4) is 0 Å². The molecule has 0 radical (unpaired) electrons. The molecule has 1 saturated heterocycles. The highest BCUT2D eigenvalue weighted by atomic mass is 16.5. The van der Waals surface area contributed by atoms with E-state index in [0.29, 0.717) is 5.69 Å². The van der Waals surface area contributed by atoms with Crippen molar-refractivity contribution in [2.75, 3.05) is 18.0 Å². The third-order valence-electron chi connectivity index (χ3n) is 5.32. The molecule has 1 aromatic heterocycles. The molecule has 27 heavy (non-hydrogen) atoms. The summed E-state index contributed by atoms with van der Waals surface area (Å²) in [6.07, 6.45) is 3.23. The van der Waals surface area contributed by atoms with Gasteiger partial charge in [-0.25, -0.2) is 0 Å². The number of hydrogen-bond donors (Lipinski definition) is 1. The number of benzene rings is 2. The molecule has 5 nitrogen and oxygen atoms in total. The number of nitrogens with zero attached hydrogens (tertiary/aromatic N) is 2. The van der Waals surface area contributed by atoms with Crippen molar-refractivity contribution in [1.29, 1.82) is 0 Å². The lowest BCUT2D eigenvalue weighted by Gasteiger charge is -2.34. The van der Waals surface area contributed by atoms with Gasteiger partial charge >= 0.3 is 0 Å². The van der Waals surface area contributed by atoms with Crippen LogP contribution in [0, 0.1) is 0 Å². The Morgan fingerprint density at radius 2 is 2.00 bits per heavy atom. The molecular weight excluding hydrogens is 338 g/mol. The van der Waals surface area contributed by atoms with Crippen molar-refractivity contribution in [1.82, 2.24) is 10.5 Å². The van der Waals surface area contributed by atoms with E-state index in [1.807, 2.05) is 24.3 Å². The van der Waals surface area contributed by atoms with Gasteiger partial charge in [-0.1, -0.05) is 36.3 Å². The highest BCUT2D eigenvalue weighted by Gasteiger charge is 2.22. The van der Waals surface area contributed by atoms with E-state index in [1.165, 1.54) is 11.3 Å². The molecule has 0 aliphatic carbocycles. The van der Waals surface area contributed by atoms with Gasteiger partial charge in [0.05, 0.1) is 6.42 Å². The van der Waals surface area contributed by atoms with E-state index >= 15 is 0 Å². The van der Waals surface area contributed by atoms with E-state index in [4.69, 9.17) is 4.52 Å². The van der Waals surface area contributed by atoms with Gasteiger partial charge in [0, 0.05) is 30.2 Å². The topological polar surface area (TPSA) is 58.4 Å². The van der Waals surface area contributed by atoms with E-state index in [-0.39, 0.29) is 18.4 Å². The van der Waals surface area contributed by atoms with Crippen molar-refractivity contribution >= 4 is 22.6 Å². The van der Waals surface area contributed by atoms with Crippen molar-refractivity contribution < 1.29 is 9.32 Å². The van der Waals surface area contributed by atoms with Crippen LogP contribution in [0.15, 0.2) is 53.1 Å². The molecule has 3 aromatic rings. The Balaban J connectivity index is 1.31. The fourth-order valence-corrected chi connectivity index (χ4v) is 3.75. The first-order valence-corrected chi connectivity index (χ1v) is 9.69. The zero-order valence-corrected chi connectivity index (χ0v) is 15.6. The molecule has 0 atom stereocenters. The molecule has 0 bridgehead atoms. The summed E-state index contributed by atoms with van der Waals surface area (Å²) in [5.41, 5.74) is 4.08. The van der Waals surface area contributed by atoms with Gasteiger partial charge in [-0.3, -0.25) is 4.79 Å². The average Bonchev–Trinajstić information content (AvgIpc) is 3.11. The molecule has 0 spiro atoms. The van der Waals surface area contributed by atoms with E-state index < -0.39 is 0 Å².